The van der Waals surface area contributed by atoms with Crippen molar-refractivity contribution in [1.82, 2.24) is 19.9 Å². The number of hydrogen-bond acceptors (Lipinski definition) is 3. The molecule has 0 aliphatic carbocycles. The molecule has 1 N–H and O–H groups in total. The summed E-state index contributed by atoms with van der Waals surface area (Å²) in [5.41, 5.74) is 4.57. The van der Waals surface area contributed by atoms with E-state index in [1.165, 1.54) is 11.1 Å². The Bertz CT molecular complexity index is 745. The van der Waals surface area contributed by atoms with Gasteiger partial charge in [0.05, 0.1) is 23.3 Å². The van der Waals surface area contributed by atoms with Gasteiger partial charge < -0.3 is 9.88 Å². The molecule has 0 bridgehead atoms. The number of pyridine rings is 1. The van der Waals surface area contributed by atoms with Crippen molar-refractivity contribution in [3.05, 3.63) is 59.7 Å². The Hall–Kier alpha value is -2.20. The lowest BCUT2D eigenvalue weighted by Gasteiger charge is -2.08. The first-order valence-electron chi connectivity index (χ1n) is 7.35. The summed E-state index contributed by atoms with van der Waals surface area (Å²) < 4.78 is 2.26. The molecule has 0 amide bonds. The van der Waals surface area contributed by atoms with Crippen molar-refractivity contribution >= 4 is 11.0 Å². The Balaban J connectivity index is 1.75. The highest BCUT2D eigenvalue weighted by Gasteiger charge is 2.08. The molecule has 0 saturated carbocycles. The molecule has 0 saturated heterocycles. The molecule has 0 aliphatic heterocycles. The van der Waals surface area contributed by atoms with Gasteiger partial charge in [-0.05, 0) is 37.6 Å². The predicted octanol–water partition coefficient (Wildman–Crippen LogP) is 3.05. The van der Waals surface area contributed by atoms with E-state index >= 15 is 0 Å². The molecule has 0 fully saturated rings. The first kappa shape index (κ1) is 13.8. The monoisotopic (exact) mass is 280 g/mol. The van der Waals surface area contributed by atoms with Gasteiger partial charge in [-0.25, -0.2) is 4.98 Å². The van der Waals surface area contributed by atoms with Crippen molar-refractivity contribution in [3.63, 3.8) is 0 Å². The molecule has 108 valence electrons. The van der Waals surface area contributed by atoms with Crippen molar-refractivity contribution < 1.29 is 0 Å². The van der Waals surface area contributed by atoms with Crippen LogP contribution in [0.1, 0.15) is 24.0 Å². The Labute approximate surface area is 124 Å². The summed E-state index contributed by atoms with van der Waals surface area (Å²) in [7, 11) is 0. The molecule has 2 heterocycles. The molecule has 0 unspecified atom stereocenters. The highest BCUT2D eigenvalue weighted by Crippen LogP contribution is 2.15. The fourth-order valence-electron chi connectivity index (χ4n) is 2.61. The second kappa shape index (κ2) is 6.06. The lowest BCUT2D eigenvalue weighted by Crippen LogP contribution is -2.17. The predicted molar refractivity (Wildman–Crippen MR) is 84.9 cm³/mol. The quantitative estimate of drug-likeness (QED) is 0.781. The van der Waals surface area contributed by atoms with Gasteiger partial charge in [-0.1, -0.05) is 18.2 Å². The Morgan fingerprint density at radius 1 is 1.10 bits per heavy atom. The largest absolute Gasteiger partial charge is 0.327 e. The summed E-state index contributed by atoms with van der Waals surface area (Å²) in [4.78, 5) is 9.12. The zero-order valence-electron chi connectivity index (χ0n) is 12.5. The van der Waals surface area contributed by atoms with E-state index in [2.05, 4.69) is 53.0 Å². The highest BCUT2D eigenvalue weighted by molar-refractivity contribution is 5.75. The van der Waals surface area contributed by atoms with E-state index in [0.29, 0.717) is 0 Å². The highest BCUT2D eigenvalue weighted by atomic mass is 15.1. The van der Waals surface area contributed by atoms with Gasteiger partial charge in [0, 0.05) is 19.3 Å². The van der Waals surface area contributed by atoms with Gasteiger partial charge in [-0.15, -0.1) is 0 Å². The third-order valence-corrected chi connectivity index (χ3v) is 3.74. The number of nitrogens with zero attached hydrogens (tertiary/aromatic N) is 3. The molecule has 0 aliphatic rings. The molecule has 3 rings (SSSR count). The van der Waals surface area contributed by atoms with Crippen molar-refractivity contribution in [1.29, 1.82) is 0 Å². The number of aromatic nitrogens is 3. The third kappa shape index (κ3) is 2.81. The first-order chi connectivity index (χ1) is 10.3. The molecule has 4 heteroatoms. The van der Waals surface area contributed by atoms with Crippen LogP contribution in [0.3, 0.4) is 0 Å². The van der Waals surface area contributed by atoms with Crippen LogP contribution in [0.4, 0.5) is 0 Å². The average Bonchev–Trinajstić information content (AvgIpc) is 2.86. The van der Waals surface area contributed by atoms with Crippen molar-refractivity contribution in [3.8, 4) is 0 Å². The Kier molecular flexibility index (Phi) is 3.97. The smallest absolute Gasteiger partial charge is 0.123 e. The van der Waals surface area contributed by atoms with Crippen LogP contribution < -0.4 is 5.32 Å². The van der Waals surface area contributed by atoms with E-state index in [1.807, 2.05) is 18.3 Å². The maximum Gasteiger partial charge on any atom is 0.123 e. The summed E-state index contributed by atoms with van der Waals surface area (Å²) >= 11 is 0. The second-order valence-electron chi connectivity index (χ2n) is 5.13. The third-order valence-electron chi connectivity index (χ3n) is 3.74. The molecular weight excluding hydrogens is 260 g/mol. The van der Waals surface area contributed by atoms with Crippen LogP contribution in [0.2, 0.25) is 0 Å². The van der Waals surface area contributed by atoms with Crippen LogP contribution in [0, 0.1) is 6.92 Å². The van der Waals surface area contributed by atoms with Crippen LogP contribution in [-0.4, -0.2) is 14.5 Å². The summed E-state index contributed by atoms with van der Waals surface area (Å²) in [6.45, 7) is 6.68. The number of para-hydroxylation sites is 2. The number of rotatable bonds is 5. The lowest BCUT2D eigenvalue weighted by molar-refractivity contribution is 0.613. The molecule has 0 spiro atoms. The molecule has 4 nitrogen and oxygen atoms in total. The molecule has 2 aromatic heterocycles. The normalized spacial score (nSPS) is 11.1. The van der Waals surface area contributed by atoms with E-state index in [9.17, 15) is 0 Å². The fraction of sp³-hybridized carbons (Fsp3) is 0.294. The number of benzene rings is 1. The maximum absolute atomic E-state index is 4.72. The summed E-state index contributed by atoms with van der Waals surface area (Å²) in [6, 6.07) is 12.3. The van der Waals surface area contributed by atoms with Crippen LogP contribution in [0.15, 0.2) is 42.6 Å². The second-order valence-corrected chi connectivity index (χ2v) is 5.13. The van der Waals surface area contributed by atoms with Gasteiger partial charge in [0.25, 0.3) is 0 Å². The SMILES string of the molecule is CCn1c(CNCc2ncccc2C)nc2ccccc21. The Morgan fingerprint density at radius 3 is 2.76 bits per heavy atom. The minimum Gasteiger partial charge on any atom is -0.327 e. The maximum atomic E-state index is 4.72. The molecule has 3 aromatic rings. The summed E-state index contributed by atoms with van der Waals surface area (Å²) in [5, 5.41) is 3.45. The molecule has 0 atom stereocenters. The summed E-state index contributed by atoms with van der Waals surface area (Å²) in [6.07, 6.45) is 1.84. The van der Waals surface area contributed by atoms with Gasteiger partial charge in [0.1, 0.15) is 5.82 Å². The number of fused-ring (bicyclic) bond motifs is 1. The minimum atomic E-state index is 0.749. The average molecular weight is 280 g/mol. The van der Waals surface area contributed by atoms with Gasteiger partial charge in [0.2, 0.25) is 0 Å². The Morgan fingerprint density at radius 2 is 1.95 bits per heavy atom. The van der Waals surface area contributed by atoms with Gasteiger partial charge in [-0.2, -0.15) is 0 Å². The number of nitrogens with one attached hydrogen (secondary N) is 1. The zero-order valence-corrected chi connectivity index (χ0v) is 12.5. The zero-order chi connectivity index (χ0) is 14.7. The van der Waals surface area contributed by atoms with Crippen LogP contribution in [0.25, 0.3) is 11.0 Å². The van der Waals surface area contributed by atoms with E-state index < -0.39 is 0 Å². The fourth-order valence-corrected chi connectivity index (χ4v) is 2.61. The van der Waals surface area contributed by atoms with E-state index in [-0.39, 0.29) is 0 Å². The number of imidazole rings is 1. The number of hydrogen-bond donors (Lipinski definition) is 1. The van der Waals surface area contributed by atoms with Crippen molar-refractivity contribution in [2.75, 3.05) is 0 Å². The van der Waals surface area contributed by atoms with Crippen LogP contribution in [0.5, 0.6) is 0 Å². The standard InChI is InChI=1S/C17H20N4/c1-3-21-16-9-5-4-8-14(16)20-17(21)12-18-11-15-13(2)7-6-10-19-15/h4-10,18H,3,11-12H2,1-2H3. The van der Waals surface area contributed by atoms with Gasteiger partial charge >= 0.3 is 0 Å². The lowest BCUT2D eigenvalue weighted by atomic mass is 10.2. The number of aryl methyl sites for hydroxylation is 2. The van der Waals surface area contributed by atoms with E-state index in [0.717, 1.165) is 36.7 Å². The van der Waals surface area contributed by atoms with Crippen LogP contribution >= 0.6 is 0 Å². The molecule has 0 radical (unpaired) electrons. The van der Waals surface area contributed by atoms with Crippen molar-refractivity contribution in [2.45, 2.75) is 33.5 Å². The van der Waals surface area contributed by atoms with Crippen LogP contribution in [-0.2, 0) is 19.6 Å². The summed E-state index contributed by atoms with van der Waals surface area (Å²) in [5.74, 6) is 1.08. The van der Waals surface area contributed by atoms with Crippen molar-refractivity contribution in [2.24, 2.45) is 0 Å². The van der Waals surface area contributed by atoms with Gasteiger partial charge in [-0.3, -0.25) is 4.98 Å². The molecular formula is C17H20N4. The first-order valence-corrected chi connectivity index (χ1v) is 7.35. The molecule has 21 heavy (non-hydrogen) atoms. The minimum absolute atomic E-state index is 0.749. The van der Waals surface area contributed by atoms with E-state index in [4.69, 9.17) is 4.98 Å². The van der Waals surface area contributed by atoms with Gasteiger partial charge in [0.15, 0.2) is 0 Å². The topological polar surface area (TPSA) is 42.7 Å². The van der Waals surface area contributed by atoms with E-state index in [1.54, 1.807) is 0 Å². The molecule has 1 aromatic carbocycles.